The molecule has 0 fully saturated rings. The molecule has 88 valence electrons. The molecule has 5 heteroatoms. The third-order valence-corrected chi connectivity index (χ3v) is 3.28. The van der Waals surface area contributed by atoms with Gasteiger partial charge in [-0.25, -0.2) is 4.98 Å². The summed E-state index contributed by atoms with van der Waals surface area (Å²) in [6.07, 6.45) is 0. The van der Waals surface area contributed by atoms with Gasteiger partial charge in [0, 0.05) is 12.7 Å². The summed E-state index contributed by atoms with van der Waals surface area (Å²) in [5.74, 6) is 0.576. The highest BCUT2D eigenvalue weighted by Crippen LogP contribution is 2.33. The molecule has 0 unspecified atom stereocenters. The molecule has 0 bridgehead atoms. The predicted octanol–water partition coefficient (Wildman–Crippen LogP) is 4.81. The standard InChI is InChI=1S/C12H9Cl3N2/c1-17(8-5-3-2-4-6-8)12-10(14)7-9(13)11(15)16-12/h2-7H,1H3. The predicted molar refractivity (Wildman–Crippen MR) is 73.8 cm³/mol. The maximum absolute atomic E-state index is 6.10. The Labute approximate surface area is 115 Å². The number of anilines is 2. The maximum Gasteiger partial charge on any atom is 0.153 e. The van der Waals surface area contributed by atoms with Crippen LogP contribution in [0.5, 0.6) is 0 Å². The molecule has 1 aromatic heterocycles. The third-order valence-electron chi connectivity index (χ3n) is 2.33. The van der Waals surface area contributed by atoms with E-state index in [1.807, 2.05) is 42.3 Å². The lowest BCUT2D eigenvalue weighted by atomic mass is 10.3. The Morgan fingerprint density at radius 1 is 1.00 bits per heavy atom. The minimum Gasteiger partial charge on any atom is -0.328 e. The Kier molecular flexibility index (Phi) is 3.77. The molecule has 2 nitrogen and oxygen atoms in total. The minimum absolute atomic E-state index is 0.244. The van der Waals surface area contributed by atoms with E-state index in [9.17, 15) is 0 Å². The van der Waals surface area contributed by atoms with Crippen molar-refractivity contribution in [2.75, 3.05) is 11.9 Å². The van der Waals surface area contributed by atoms with Gasteiger partial charge < -0.3 is 4.90 Å². The summed E-state index contributed by atoms with van der Waals surface area (Å²) in [5.41, 5.74) is 0.972. The largest absolute Gasteiger partial charge is 0.328 e. The van der Waals surface area contributed by atoms with Crippen LogP contribution in [-0.4, -0.2) is 12.0 Å². The smallest absolute Gasteiger partial charge is 0.153 e. The molecule has 1 heterocycles. The SMILES string of the molecule is CN(c1ccccc1)c1nc(Cl)c(Cl)cc1Cl. The van der Waals surface area contributed by atoms with Crippen molar-refractivity contribution < 1.29 is 0 Å². The van der Waals surface area contributed by atoms with Gasteiger partial charge in [-0.05, 0) is 18.2 Å². The summed E-state index contributed by atoms with van der Waals surface area (Å²) in [7, 11) is 1.87. The Bertz CT molecular complexity index is 529. The second-order valence-corrected chi connectivity index (χ2v) is 4.63. The van der Waals surface area contributed by atoms with E-state index in [0.717, 1.165) is 5.69 Å². The second kappa shape index (κ2) is 5.13. The zero-order valence-electron chi connectivity index (χ0n) is 8.99. The molecule has 2 rings (SSSR count). The van der Waals surface area contributed by atoms with E-state index in [1.54, 1.807) is 6.07 Å². The normalized spacial score (nSPS) is 10.4. The van der Waals surface area contributed by atoms with Crippen molar-refractivity contribution in [3.05, 3.63) is 51.6 Å². The quantitative estimate of drug-likeness (QED) is 0.737. The topological polar surface area (TPSA) is 16.1 Å². The van der Waals surface area contributed by atoms with Crippen LogP contribution in [0.25, 0.3) is 0 Å². The molecule has 0 radical (unpaired) electrons. The molecular weight excluding hydrogens is 279 g/mol. The first-order valence-electron chi connectivity index (χ1n) is 4.90. The van der Waals surface area contributed by atoms with Gasteiger partial charge in [-0.3, -0.25) is 0 Å². The van der Waals surface area contributed by atoms with Crippen LogP contribution >= 0.6 is 34.8 Å². The first-order chi connectivity index (χ1) is 8.09. The summed E-state index contributed by atoms with van der Waals surface area (Å²) in [4.78, 5) is 6.03. The van der Waals surface area contributed by atoms with Crippen molar-refractivity contribution in [3.63, 3.8) is 0 Å². The monoisotopic (exact) mass is 286 g/mol. The van der Waals surface area contributed by atoms with Crippen LogP contribution < -0.4 is 4.90 Å². The number of nitrogens with zero attached hydrogens (tertiary/aromatic N) is 2. The van der Waals surface area contributed by atoms with E-state index in [-0.39, 0.29) is 5.15 Å². The summed E-state index contributed by atoms with van der Waals surface area (Å²) in [6.45, 7) is 0. The Balaban J connectivity index is 2.44. The third kappa shape index (κ3) is 2.65. The number of aromatic nitrogens is 1. The zero-order chi connectivity index (χ0) is 12.4. The average Bonchev–Trinajstić information content (AvgIpc) is 2.34. The Hall–Kier alpha value is -0.960. The van der Waals surface area contributed by atoms with Gasteiger partial charge in [0.1, 0.15) is 5.15 Å². The van der Waals surface area contributed by atoms with E-state index in [4.69, 9.17) is 34.8 Å². The summed E-state index contributed by atoms with van der Waals surface area (Å²) in [6, 6.07) is 11.3. The fourth-order valence-electron chi connectivity index (χ4n) is 1.44. The first kappa shape index (κ1) is 12.5. The molecule has 1 aromatic carbocycles. The molecule has 0 aliphatic heterocycles. The number of halogens is 3. The molecule has 0 aliphatic carbocycles. The van der Waals surface area contributed by atoms with Gasteiger partial charge in [0.05, 0.1) is 10.0 Å². The van der Waals surface area contributed by atoms with E-state index >= 15 is 0 Å². The molecule has 0 N–H and O–H groups in total. The van der Waals surface area contributed by atoms with Gasteiger partial charge in [-0.1, -0.05) is 53.0 Å². The Morgan fingerprint density at radius 2 is 1.65 bits per heavy atom. The molecule has 0 amide bonds. The molecule has 0 aliphatic rings. The van der Waals surface area contributed by atoms with Gasteiger partial charge in [0.15, 0.2) is 5.82 Å². The van der Waals surface area contributed by atoms with Crippen molar-refractivity contribution in [1.82, 2.24) is 4.98 Å². The number of rotatable bonds is 2. The van der Waals surface area contributed by atoms with Crippen LogP contribution in [0.2, 0.25) is 15.2 Å². The van der Waals surface area contributed by atoms with E-state index < -0.39 is 0 Å². The molecule has 0 spiro atoms. The molecule has 0 saturated carbocycles. The molecule has 2 aromatic rings. The number of hydrogen-bond acceptors (Lipinski definition) is 2. The molecular formula is C12H9Cl3N2. The lowest BCUT2D eigenvalue weighted by Gasteiger charge is -2.19. The second-order valence-electron chi connectivity index (χ2n) is 3.46. The van der Waals surface area contributed by atoms with Crippen molar-refractivity contribution >= 4 is 46.3 Å². The average molecular weight is 288 g/mol. The van der Waals surface area contributed by atoms with Crippen LogP contribution in [0.15, 0.2) is 36.4 Å². The van der Waals surface area contributed by atoms with Crippen molar-refractivity contribution in [2.45, 2.75) is 0 Å². The van der Waals surface area contributed by atoms with Gasteiger partial charge in [-0.2, -0.15) is 0 Å². The number of hydrogen-bond donors (Lipinski definition) is 0. The highest BCUT2D eigenvalue weighted by molar-refractivity contribution is 6.43. The van der Waals surface area contributed by atoms with Crippen molar-refractivity contribution in [1.29, 1.82) is 0 Å². The minimum atomic E-state index is 0.244. The van der Waals surface area contributed by atoms with Gasteiger partial charge in [-0.15, -0.1) is 0 Å². The van der Waals surface area contributed by atoms with Crippen LogP contribution in [0.3, 0.4) is 0 Å². The Morgan fingerprint density at radius 3 is 2.29 bits per heavy atom. The van der Waals surface area contributed by atoms with Gasteiger partial charge >= 0.3 is 0 Å². The fourth-order valence-corrected chi connectivity index (χ4v) is 2.06. The van der Waals surface area contributed by atoms with Gasteiger partial charge in [0.25, 0.3) is 0 Å². The molecule has 17 heavy (non-hydrogen) atoms. The summed E-state index contributed by atoms with van der Waals surface area (Å²) in [5, 5.41) is 1.06. The van der Waals surface area contributed by atoms with Crippen molar-refractivity contribution in [2.24, 2.45) is 0 Å². The van der Waals surface area contributed by atoms with Crippen LogP contribution in [0, 0.1) is 0 Å². The zero-order valence-corrected chi connectivity index (χ0v) is 11.3. The number of benzene rings is 1. The van der Waals surface area contributed by atoms with E-state index in [1.165, 1.54) is 0 Å². The van der Waals surface area contributed by atoms with Crippen LogP contribution in [0.4, 0.5) is 11.5 Å². The molecule has 0 atom stereocenters. The van der Waals surface area contributed by atoms with E-state index in [0.29, 0.717) is 15.9 Å². The summed E-state index contributed by atoms with van der Waals surface area (Å²) < 4.78 is 0. The van der Waals surface area contributed by atoms with Crippen LogP contribution in [-0.2, 0) is 0 Å². The fraction of sp³-hybridized carbons (Fsp3) is 0.0833. The van der Waals surface area contributed by atoms with E-state index in [2.05, 4.69) is 4.98 Å². The van der Waals surface area contributed by atoms with Crippen LogP contribution in [0.1, 0.15) is 0 Å². The van der Waals surface area contributed by atoms with Gasteiger partial charge in [0.2, 0.25) is 0 Å². The number of pyridine rings is 1. The lowest BCUT2D eigenvalue weighted by molar-refractivity contribution is 1.13. The highest BCUT2D eigenvalue weighted by atomic mass is 35.5. The summed E-state index contributed by atoms with van der Waals surface area (Å²) >= 11 is 17.8. The lowest BCUT2D eigenvalue weighted by Crippen LogP contribution is -2.11. The number of para-hydroxylation sites is 1. The molecule has 0 saturated heterocycles. The maximum atomic E-state index is 6.10. The van der Waals surface area contributed by atoms with Crippen molar-refractivity contribution in [3.8, 4) is 0 Å². The first-order valence-corrected chi connectivity index (χ1v) is 6.03. The highest BCUT2D eigenvalue weighted by Gasteiger charge is 2.12.